The van der Waals surface area contributed by atoms with Gasteiger partial charge in [0.25, 0.3) is 5.69 Å². The van der Waals surface area contributed by atoms with Gasteiger partial charge >= 0.3 is 0 Å². The molecule has 9 heteroatoms. The van der Waals surface area contributed by atoms with E-state index in [0.717, 1.165) is 5.56 Å². The number of halogens is 2. The average molecular weight is 406 g/mol. The number of nitro benzene ring substituents is 1. The lowest BCUT2D eigenvalue weighted by Crippen LogP contribution is -2.30. The number of anilines is 1. The molecule has 1 aliphatic rings. The number of amides is 2. The fraction of sp³-hybridized carbons (Fsp3) is 0.263. The van der Waals surface area contributed by atoms with Crippen LogP contribution in [0.1, 0.15) is 12.0 Å². The zero-order valence-electron chi connectivity index (χ0n) is 14.7. The maximum atomic E-state index is 12.9. The van der Waals surface area contributed by atoms with Crippen molar-refractivity contribution in [3.63, 3.8) is 0 Å². The molecule has 1 N–H and O–H groups in total. The Labute approximate surface area is 165 Å². The normalized spacial score (nSPS) is 16.3. The van der Waals surface area contributed by atoms with Gasteiger partial charge in [-0.2, -0.15) is 0 Å². The van der Waals surface area contributed by atoms with E-state index in [1.807, 2.05) is 0 Å². The lowest BCUT2D eigenvalue weighted by atomic mass is 10.1. The van der Waals surface area contributed by atoms with E-state index in [-0.39, 0.29) is 47.0 Å². The Kier molecular flexibility index (Phi) is 5.89. The largest absolute Gasteiger partial charge is 0.342 e. The molecule has 0 saturated carbocycles. The van der Waals surface area contributed by atoms with E-state index >= 15 is 0 Å². The van der Waals surface area contributed by atoms with Crippen LogP contribution in [-0.4, -0.2) is 34.7 Å². The van der Waals surface area contributed by atoms with Crippen LogP contribution in [0.25, 0.3) is 0 Å². The van der Waals surface area contributed by atoms with Crippen molar-refractivity contribution in [2.24, 2.45) is 5.92 Å². The molecule has 0 radical (unpaired) electrons. The molecule has 146 valence electrons. The quantitative estimate of drug-likeness (QED) is 0.588. The van der Waals surface area contributed by atoms with Gasteiger partial charge in [-0.05, 0) is 36.2 Å². The first kappa shape index (κ1) is 19.8. The zero-order chi connectivity index (χ0) is 20.3. The number of nitrogens with zero attached hydrogens (tertiary/aromatic N) is 2. The number of benzene rings is 2. The second-order valence-corrected chi connectivity index (χ2v) is 6.94. The van der Waals surface area contributed by atoms with Gasteiger partial charge in [-0.1, -0.05) is 23.7 Å². The fourth-order valence-electron chi connectivity index (χ4n) is 3.05. The Bertz CT molecular complexity index is 920. The number of carbonyl (C=O) groups is 2. The Balaban J connectivity index is 1.58. The van der Waals surface area contributed by atoms with E-state index in [2.05, 4.69) is 5.32 Å². The predicted octanol–water partition coefficient (Wildman–Crippen LogP) is 3.42. The molecule has 3 rings (SSSR count). The Morgan fingerprint density at radius 1 is 1.29 bits per heavy atom. The molecule has 0 spiro atoms. The zero-order valence-corrected chi connectivity index (χ0v) is 15.5. The highest BCUT2D eigenvalue weighted by Gasteiger charge is 2.34. The number of nitro groups is 1. The minimum atomic E-state index is -0.631. The minimum Gasteiger partial charge on any atom is -0.342 e. The highest BCUT2D eigenvalue weighted by Crippen LogP contribution is 2.28. The lowest BCUT2D eigenvalue weighted by molar-refractivity contribution is -0.384. The molecule has 2 amide bonds. The molecule has 0 aliphatic carbocycles. The van der Waals surface area contributed by atoms with Gasteiger partial charge in [0.1, 0.15) is 10.8 Å². The van der Waals surface area contributed by atoms with Crippen LogP contribution in [0.3, 0.4) is 0 Å². The number of rotatable bonds is 6. The smallest absolute Gasteiger partial charge is 0.289 e. The third-order valence-corrected chi connectivity index (χ3v) is 4.90. The van der Waals surface area contributed by atoms with Crippen LogP contribution >= 0.6 is 11.6 Å². The van der Waals surface area contributed by atoms with Crippen LogP contribution in [0.4, 0.5) is 15.8 Å². The maximum absolute atomic E-state index is 12.9. The van der Waals surface area contributed by atoms with Crippen molar-refractivity contribution in [1.29, 1.82) is 0 Å². The van der Waals surface area contributed by atoms with Crippen LogP contribution in [0.15, 0.2) is 42.5 Å². The molecule has 1 fully saturated rings. The summed E-state index contributed by atoms with van der Waals surface area (Å²) in [5.74, 6) is -1.38. The van der Waals surface area contributed by atoms with Gasteiger partial charge in [-0.3, -0.25) is 19.7 Å². The van der Waals surface area contributed by atoms with Gasteiger partial charge in [0, 0.05) is 31.3 Å². The lowest BCUT2D eigenvalue weighted by Gasteiger charge is -2.16. The summed E-state index contributed by atoms with van der Waals surface area (Å²) in [4.78, 5) is 36.5. The SMILES string of the molecule is O=C(Nc1ccc(Cl)c([N+](=O)[O-])c1)[C@H]1CC(=O)N(CCc2ccc(F)cc2)C1. The summed E-state index contributed by atoms with van der Waals surface area (Å²) in [6.07, 6.45) is 0.634. The summed E-state index contributed by atoms with van der Waals surface area (Å²) in [6.45, 7) is 0.697. The van der Waals surface area contributed by atoms with Crippen molar-refractivity contribution < 1.29 is 18.9 Å². The molecule has 1 heterocycles. The van der Waals surface area contributed by atoms with E-state index in [0.29, 0.717) is 13.0 Å². The Hall–Kier alpha value is -3.00. The van der Waals surface area contributed by atoms with E-state index < -0.39 is 10.8 Å². The summed E-state index contributed by atoms with van der Waals surface area (Å²) in [6, 6.07) is 10.0. The molecule has 0 aromatic heterocycles. The standard InChI is InChI=1S/C19H17ClFN3O4/c20-16-6-5-15(10-17(16)24(27)28)22-19(26)13-9-18(25)23(11-13)8-7-12-1-3-14(21)4-2-12/h1-6,10,13H,7-9,11H2,(H,22,26)/t13-/m0/s1. The summed E-state index contributed by atoms with van der Waals surface area (Å²) < 4.78 is 12.9. The Morgan fingerprint density at radius 2 is 2.00 bits per heavy atom. The molecule has 1 atom stereocenters. The number of likely N-dealkylation sites (tertiary alicyclic amines) is 1. The second-order valence-electron chi connectivity index (χ2n) is 6.53. The Morgan fingerprint density at radius 3 is 2.68 bits per heavy atom. The first-order valence-corrected chi connectivity index (χ1v) is 8.98. The third-order valence-electron chi connectivity index (χ3n) is 4.58. The average Bonchev–Trinajstić information content (AvgIpc) is 3.03. The van der Waals surface area contributed by atoms with Crippen molar-refractivity contribution in [1.82, 2.24) is 4.90 Å². The summed E-state index contributed by atoms with van der Waals surface area (Å²) in [5.41, 5.74) is 0.844. The number of hydrogen-bond acceptors (Lipinski definition) is 4. The van der Waals surface area contributed by atoms with Crippen molar-refractivity contribution in [3.8, 4) is 0 Å². The van der Waals surface area contributed by atoms with Crippen molar-refractivity contribution in [3.05, 3.63) is 69.0 Å². The highest BCUT2D eigenvalue weighted by molar-refractivity contribution is 6.32. The molecule has 28 heavy (non-hydrogen) atoms. The van der Waals surface area contributed by atoms with Crippen molar-refractivity contribution >= 4 is 34.8 Å². The van der Waals surface area contributed by atoms with Crippen molar-refractivity contribution in [2.75, 3.05) is 18.4 Å². The summed E-state index contributed by atoms with van der Waals surface area (Å²) in [7, 11) is 0. The first-order chi connectivity index (χ1) is 13.3. The van der Waals surface area contributed by atoms with E-state index in [9.17, 15) is 24.1 Å². The van der Waals surface area contributed by atoms with Gasteiger partial charge in [0.05, 0.1) is 10.8 Å². The minimum absolute atomic E-state index is 0.0222. The third kappa shape index (κ3) is 4.64. The maximum Gasteiger partial charge on any atom is 0.289 e. The molecule has 0 unspecified atom stereocenters. The molecular formula is C19H17ClFN3O4. The van der Waals surface area contributed by atoms with Gasteiger partial charge in [0.15, 0.2) is 0 Å². The fourth-order valence-corrected chi connectivity index (χ4v) is 3.24. The van der Waals surface area contributed by atoms with Gasteiger partial charge in [0.2, 0.25) is 11.8 Å². The summed E-state index contributed by atoms with van der Waals surface area (Å²) in [5, 5.41) is 13.5. The highest BCUT2D eigenvalue weighted by atomic mass is 35.5. The van der Waals surface area contributed by atoms with E-state index in [4.69, 9.17) is 11.6 Å². The van der Waals surface area contributed by atoms with Gasteiger partial charge < -0.3 is 10.2 Å². The van der Waals surface area contributed by atoms with E-state index in [1.165, 1.54) is 30.3 Å². The molecule has 2 aromatic carbocycles. The van der Waals surface area contributed by atoms with Crippen LogP contribution in [0.5, 0.6) is 0 Å². The predicted molar refractivity (Wildman–Crippen MR) is 102 cm³/mol. The van der Waals surface area contributed by atoms with Crippen LogP contribution in [0, 0.1) is 21.8 Å². The molecule has 1 aliphatic heterocycles. The van der Waals surface area contributed by atoms with Crippen LogP contribution in [0.2, 0.25) is 5.02 Å². The molecular weight excluding hydrogens is 389 g/mol. The topological polar surface area (TPSA) is 92.5 Å². The molecule has 7 nitrogen and oxygen atoms in total. The number of hydrogen-bond donors (Lipinski definition) is 1. The number of carbonyl (C=O) groups excluding carboxylic acids is 2. The summed E-state index contributed by atoms with van der Waals surface area (Å²) >= 11 is 5.76. The van der Waals surface area contributed by atoms with Crippen molar-refractivity contribution in [2.45, 2.75) is 12.8 Å². The second kappa shape index (κ2) is 8.35. The molecule has 0 bridgehead atoms. The molecule has 1 saturated heterocycles. The van der Waals surface area contributed by atoms with Crippen LogP contribution < -0.4 is 5.32 Å². The first-order valence-electron chi connectivity index (χ1n) is 8.60. The number of nitrogens with one attached hydrogen (secondary N) is 1. The van der Waals surface area contributed by atoms with E-state index in [1.54, 1.807) is 17.0 Å². The van der Waals surface area contributed by atoms with Gasteiger partial charge in [-0.25, -0.2) is 4.39 Å². The van der Waals surface area contributed by atoms with Gasteiger partial charge in [-0.15, -0.1) is 0 Å². The van der Waals surface area contributed by atoms with Crippen LogP contribution in [-0.2, 0) is 16.0 Å². The molecule has 2 aromatic rings. The monoisotopic (exact) mass is 405 g/mol.